The molecule has 0 saturated heterocycles. The summed E-state index contributed by atoms with van der Waals surface area (Å²) in [5.74, 6) is 4.50. The molecule has 0 radical (unpaired) electrons. The SMILES string of the molecule is Cl.NNC(=O)c1cccc(O)c1. The van der Waals surface area contributed by atoms with Gasteiger partial charge in [-0.1, -0.05) is 6.07 Å². The molecule has 0 fully saturated rings. The van der Waals surface area contributed by atoms with Crippen LogP contribution in [0.2, 0.25) is 0 Å². The molecule has 4 nitrogen and oxygen atoms in total. The summed E-state index contributed by atoms with van der Waals surface area (Å²) in [6.07, 6.45) is 0. The van der Waals surface area contributed by atoms with E-state index in [1.807, 2.05) is 5.43 Å². The quantitative estimate of drug-likeness (QED) is 0.340. The number of phenolic OH excluding ortho intramolecular Hbond substituents is 1. The van der Waals surface area contributed by atoms with Crippen molar-refractivity contribution in [1.29, 1.82) is 0 Å². The number of rotatable bonds is 1. The number of benzene rings is 1. The molecule has 66 valence electrons. The molecule has 0 aromatic heterocycles. The molecule has 0 aliphatic carbocycles. The number of nitrogens with one attached hydrogen (secondary N) is 1. The molecule has 1 aromatic rings. The molecule has 0 heterocycles. The Balaban J connectivity index is 0.00000121. The van der Waals surface area contributed by atoms with E-state index in [0.29, 0.717) is 5.56 Å². The lowest BCUT2D eigenvalue weighted by atomic mass is 10.2. The fourth-order valence-corrected chi connectivity index (χ4v) is 0.730. The predicted molar refractivity (Wildman–Crippen MR) is 47.0 cm³/mol. The molecule has 4 N–H and O–H groups in total. The van der Waals surface area contributed by atoms with Crippen LogP contribution in [0.4, 0.5) is 0 Å². The molecular formula is C7H9ClN2O2. The Kier molecular flexibility index (Phi) is 4.10. The Bertz CT molecular complexity index is 278. The van der Waals surface area contributed by atoms with Crippen LogP contribution in [0.1, 0.15) is 10.4 Å². The second-order valence-corrected chi connectivity index (χ2v) is 2.02. The molecular weight excluding hydrogens is 180 g/mol. The lowest BCUT2D eigenvalue weighted by Crippen LogP contribution is -2.29. The summed E-state index contributed by atoms with van der Waals surface area (Å²) < 4.78 is 0. The van der Waals surface area contributed by atoms with E-state index < -0.39 is 5.91 Å². The van der Waals surface area contributed by atoms with Crippen molar-refractivity contribution >= 4 is 18.3 Å². The Labute approximate surface area is 75.8 Å². The summed E-state index contributed by atoms with van der Waals surface area (Å²) in [6.45, 7) is 0. The van der Waals surface area contributed by atoms with Gasteiger partial charge in [-0.05, 0) is 18.2 Å². The zero-order chi connectivity index (χ0) is 8.27. The molecule has 5 heteroatoms. The number of amides is 1. The standard InChI is InChI=1S/C7H8N2O2.ClH/c8-9-7(11)5-2-1-3-6(10)4-5;/h1-4,10H,8H2,(H,9,11);1H. The van der Waals surface area contributed by atoms with Crippen LogP contribution in [-0.2, 0) is 0 Å². The molecule has 0 saturated carbocycles. The van der Waals surface area contributed by atoms with Gasteiger partial charge in [-0.25, -0.2) is 5.84 Å². The van der Waals surface area contributed by atoms with Gasteiger partial charge in [0.2, 0.25) is 0 Å². The van der Waals surface area contributed by atoms with Gasteiger partial charge in [0.25, 0.3) is 5.91 Å². The third-order valence-corrected chi connectivity index (χ3v) is 1.24. The topological polar surface area (TPSA) is 75.3 Å². The van der Waals surface area contributed by atoms with Gasteiger partial charge in [-0.15, -0.1) is 12.4 Å². The second kappa shape index (κ2) is 4.58. The number of hydrazine groups is 1. The van der Waals surface area contributed by atoms with E-state index in [1.54, 1.807) is 12.1 Å². The maximum absolute atomic E-state index is 10.8. The van der Waals surface area contributed by atoms with E-state index in [-0.39, 0.29) is 18.2 Å². The van der Waals surface area contributed by atoms with Gasteiger partial charge in [0, 0.05) is 5.56 Å². The predicted octanol–water partition coefficient (Wildman–Crippen LogP) is 0.418. The maximum atomic E-state index is 10.8. The minimum Gasteiger partial charge on any atom is -0.508 e. The monoisotopic (exact) mass is 188 g/mol. The van der Waals surface area contributed by atoms with Crippen molar-refractivity contribution in [2.24, 2.45) is 5.84 Å². The largest absolute Gasteiger partial charge is 0.508 e. The first-order valence-corrected chi connectivity index (χ1v) is 3.04. The number of nitrogens with two attached hydrogens (primary N) is 1. The minimum absolute atomic E-state index is 0. The maximum Gasteiger partial charge on any atom is 0.265 e. The van der Waals surface area contributed by atoms with Crippen LogP contribution < -0.4 is 11.3 Å². The normalized spacial score (nSPS) is 8.42. The molecule has 0 unspecified atom stereocenters. The summed E-state index contributed by atoms with van der Waals surface area (Å²) in [7, 11) is 0. The molecule has 1 amide bonds. The van der Waals surface area contributed by atoms with Crippen molar-refractivity contribution in [3.63, 3.8) is 0 Å². The average Bonchev–Trinajstić information content (AvgIpc) is 2.03. The first-order valence-electron chi connectivity index (χ1n) is 3.04. The number of hydrogen-bond donors (Lipinski definition) is 3. The van der Waals surface area contributed by atoms with Gasteiger partial charge < -0.3 is 5.11 Å². The van der Waals surface area contributed by atoms with E-state index in [4.69, 9.17) is 10.9 Å². The Morgan fingerprint density at radius 1 is 1.50 bits per heavy atom. The van der Waals surface area contributed by atoms with Gasteiger partial charge in [0.1, 0.15) is 5.75 Å². The first-order chi connectivity index (χ1) is 5.24. The van der Waals surface area contributed by atoms with E-state index in [0.717, 1.165) is 0 Å². The number of phenols is 1. The Morgan fingerprint density at radius 2 is 2.17 bits per heavy atom. The molecule has 0 aliphatic rings. The van der Waals surface area contributed by atoms with Gasteiger partial charge in [-0.3, -0.25) is 10.2 Å². The van der Waals surface area contributed by atoms with Crippen LogP contribution in [0, 0.1) is 0 Å². The van der Waals surface area contributed by atoms with Gasteiger partial charge in [-0.2, -0.15) is 0 Å². The van der Waals surface area contributed by atoms with Crippen LogP contribution in [0.25, 0.3) is 0 Å². The van der Waals surface area contributed by atoms with Crippen LogP contribution in [-0.4, -0.2) is 11.0 Å². The van der Waals surface area contributed by atoms with Gasteiger partial charge >= 0.3 is 0 Å². The highest BCUT2D eigenvalue weighted by Gasteiger charge is 2.01. The summed E-state index contributed by atoms with van der Waals surface area (Å²) >= 11 is 0. The molecule has 12 heavy (non-hydrogen) atoms. The Hall–Kier alpha value is -1.26. The molecule has 0 atom stereocenters. The minimum atomic E-state index is -0.416. The smallest absolute Gasteiger partial charge is 0.265 e. The fraction of sp³-hybridized carbons (Fsp3) is 0. The van der Waals surface area contributed by atoms with Crippen LogP contribution in [0.3, 0.4) is 0 Å². The van der Waals surface area contributed by atoms with Crippen molar-refractivity contribution in [1.82, 2.24) is 5.43 Å². The summed E-state index contributed by atoms with van der Waals surface area (Å²) in [6, 6.07) is 5.94. The highest BCUT2D eigenvalue weighted by Crippen LogP contribution is 2.09. The van der Waals surface area contributed by atoms with Crippen LogP contribution in [0.5, 0.6) is 5.75 Å². The number of nitrogen functional groups attached to an aromatic ring is 1. The van der Waals surface area contributed by atoms with E-state index in [1.165, 1.54) is 12.1 Å². The Morgan fingerprint density at radius 3 is 2.67 bits per heavy atom. The van der Waals surface area contributed by atoms with Gasteiger partial charge in [0.05, 0.1) is 0 Å². The van der Waals surface area contributed by atoms with Crippen LogP contribution >= 0.6 is 12.4 Å². The van der Waals surface area contributed by atoms with Crippen molar-refractivity contribution in [3.8, 4) is 5.75 Å². The lowest BCUT2D eigenvalue weighted by molar-refractivity contribution is 0.0953. The van der Waals surface area contributed by atoms with Crippen LogP contribution in [0.15, 0.2) is 24.3 Å². The number of carbonyl (C=O) groups excluding carboxylic acids is 1. The third-order valence-electron chi connectivity index (χ3n) is 1.24. The van der Waals surface area contributed by atoms with E-state index >= 15 is 0 Å². The van der Waals surface area contributed by atoms with E-state index in [2.05, 4.69) is 0 Å². The summed E-state index contributed by atoms with van der Waals surface area (Å²) in [4.78, 5) is 10.8. The van der Waals surface area contributed by atoms with Crippen molar-refractivity contribution in [2.75, 3.05) is 0 Å². The van der Waals surface area contributed by atoms with Gasteiger partial charge in [0.15, 0.2) is 0 Å². The van der Waals surface area contributed by atoms with Crippen molar-refractivity contribution in [3.05, 3.63) is 29.8 Å². The molecule has 0 spiro atoms. The zero-order valence-corrected chi connectivity index (χ0v) is 6.97. The summed E-state index contributed by atoms with van der Waals surface area (Å²) in [5.41, 5.74) is 2.30. The third kappa shape index (κ3) is 2.41. The van der Waals surface area contributed by atoms with Crippen molar-refractivity contribution < 1.29 is 9.90 Å². The van der Waals surface area contributed by atoms with E-state index in [9.17, 15) is 4.79 Å². The highest BCUT2D eigenvalue weighted by molar-refractivity contribution is 5.94. The zero-order valence-electron chi connectivity index (χ0n) is 6.15. The fourth-order valence-electron chi connectivity index (χ4n) is 0.730. The molecule has 1 aromatic carbocycles. The highest BCUT2D eigenvalue weighted by atomic mass is 35.5. The van der Waals surface area contributed by atoms with Crippen molar-refractivity contribution in [2.45, 2.75) is 0 Å². The second-order valence-electron chi connectivity index (χ2n) is 2.02. The average molecular weight is 189 g/mol. The molecule has 0 bridgehead atoms. The number of hydrogen-bond acceptors (Lipinski definition) is 3. The number of halogens is 1. The first kappa shape index (κ1) is 10.7. The number of carbonyl (C=O) groups is 1. The lowest BCUT2D eigenvalue weighted by Gasteiger charge is -1.98. The number of aromatic hydroxyl groups is 1. The molecule has 0 aliphatic heterocycles. The molecule has 1 rings (SSSR count). The summed E-state index contributed by atoms with van der Waals surface area (Å²) in [5, 5.41) is 8.94.